The van der Waals surface area contributed by atoms with Gasteiger partial charge in [-0.1, -0.05) is 18.2 Å². The van der Waals surface area contributed by atoms with Crippen molar-refractivity contribution in [2.75, 3.05) is 7.11 Å². The maximum absolute atomic E-state index is 12.6. The molecule has 0 unspecified atom stereocenters. The van der Waals surface area contributed by atoms with Gasteiger partial charge in [-0.25, -0.2) is 4.98 Å². The van der Waals surface area contributed by atoms with Crippen LogP contribution in [0.2, 0.25) is 0 Å². The van der Waals surface area contributed by atoms with Gasteiger partial charge in [0.2, 0.25) is 0 Å². The summed E-state index contributed by atoms with van der Waals surface area (Å²) in [6.45, 7) is 0. The first-order valence-electron chi connectivity index (χ1n) is 7.49. The molecule has 124 valence electrons. The fourth-order valence-corrected chi connectivity index (χ4v) is 2.59. The molecule has 0 spiro atoms. The molecule has 2 aromatic heterocycles. The number of ether oxygens (including phenoxy) is 1. The summed E-state index contributed by atoms with van der Waals surface area (Å²) < 4.78 is 8.92. The number of imidazole rings is 1. The van der Waals surface area contributed by atoms with Gasteiger partial charge in [0, 0.05) is 38.2 Å². The van der Waals surface area contributed by atoms with Crippen molar-refractivity contribution in [2.24, 2.45) is 14.1 Å². The van der Waals surface area contributed by atoms with Crippen LogP contribution >= 0.6 is 0 Å². The SMILES string of the molecule is COc1ccccc1[C@H](NC(=O)c1cnn(C)c1)c1nccn1C. The smallest absolute Gasteiger partial charge is 0.255 e. The van der Waals surface area contributed by atoms with Crippen LogP contribution in [0.3, 0.4) is 0 Å². The normalized spacial score (nSPS) is 12.0. The van der Waals surface area contributed by atoms with Crippen molar-refractivity contribution in [1.29, 1.82) is 0 Å². The van der Waals surface area contributed by atoms with Gasteiger partial charge in [-0.2, -0.15) is 5.10 Å². The van der Waals surface area contributed by atoms with Gasteiger partial charge in [0.15, 0.2) is 0 Å². The Hall–Kier alpha value is -3.09. The number of aryl methyl sites for hydroxylation is 2. The van der Waals surface area contributed by atoms with E-state index in [1.165, 1.54) is 6.20 Å². The fraction of sp³-hybridized carbons (Fsp3) is 0.235. The van der Waals surface area contributed by atoms with E-state index in [2.05, 4.69) is 15.4 Å². The summed E-state index contributed by atoms with van der Waals surface area (Å²) in [6, 6.07) is 7.14. The van der Waals surface area contributed by atoms with Crippen LogP contribution in [0, 0.1) is 0 Å². The molecule has 7 heteroatoms. The molecule has 0 saturated heterocycles. The lowest BCUT2D eigenvalue weighted by Gasteiger charge is -2.21. The average molecular weight is 325 g/mol. The number of benzene rings is 1. The number of rotatable bonds is 5. The van der Waals surface area contributed by atoms with Gasteiger partial charge in [0.1, 0.15) is 17.6 Å². The summed E-state index contributed by atoms with van der Waals surface area (Å²) in [5.41, 5.74) is 1.33. The lowest BCUT2D eigenvalue weighted by molar-refractivity contribution is 0.0940. The standard InChI is InChI=1S/C17H19N5O2/c1-21-9-8-18-16(21)15(13-6-4-5-7-14(13)24-3)20-17(23)12-10-19-22(2)11-12/h4-11,15H,1-3H3,(H,20,23)/t15-/m0/s1. The van der Waals surface area contributed by atoms with Crippen LogP contribution in [0.25, 0.3) is 0 Å². The molecule has 0 aliphatic heterocycles. The van der Waals surface area contributed by atoms with Crippen LogP contribution in [-0.2, 0) is 14.1 Å². The van der Waals surface area contributed by atoms with Crippen molar-refractivity contribution in [1.82, 2.24) is 24.6 Å². The number of carbonyl (C=O) groups is 1. The zero-order valence-electron chi connectivity index (χ0n) is 13.8. The van der Waals surface area contributed by atoms with Crippen LogP contribution < -0.4 is 10.1 Å². The third kappa shape index (κ3) is 3.01. The summed E-state index contributed by atoms with van der Waals surface area (Å²) in [5.74, 6) is 1.19. The van der Waals surface area contributed by atoms with E-state index < -0.39 is 6.04 Å². The number of methoxy groups -OCH3 is 1. The Labute approximate surface area is 139 Å². The van der Waals surface area contributed by atoms with Gasteiger partial charge < -0.3 is 14.6 Å². The Kier molecular flexibility index (Phi) is 4.33. The van der Waals surface area contributed by atoms with Crippen molar-refractivity contribution in [3.05, 3.63) is 66.0 Å². The highest BCUT2D eigenvalue weighted by Crippen LogP contribution is 2.29. The maximum atomic E-state index is 12.6. The third-order valence-corrected chi connectivity index (χ3v) is 3.81. The van der Waals surface area contributed by atoms with Crippen LogP contribution in [0.4, 0.5) is 0 Å². The maximum Gasteiger partial charge on any atom is 0.255 e. The van der Waals surface area contributed by atoms with E-state index in [-0.39, 0.29) is 5.91 Å². The first-order chi connectivity index (χ1) is 11.6. The molecule has 24 heavy (non-hydrogen) atoms. The van der Waals surface area contributed by atoms with Gasteiger partial charge in [-0.05, 0) is 6.07 Å². The number of amides is 1. The van der Waals surface area contributed by atoms with Gasteiger partial charge in [-0.15, -0.1) is 0 Å². The molecule has 7 nitrogen and oxygen atoms in total. The largest absolute Gasteiger partial charge is 0.496 e. The fourth-order valence-electron chi connectivity index (χ4n) is 2.59. The minimum atomic E-state index is -0.436. The summed E-state index contributed by atoms with van der Waals surface area (Å²) in [5, 5.41) is 7.07. The quantitative estimate of drug-likeness (QED) is 0.774. The molecule has 1 atom stereocenters. The van der Waals surface area contributed by atoms with Crippen LogP contribution in [0.15, 0.2) is 49.1 Å². The van der Waals surface area contributed by atoms with Crippen LogP contribution in [0.1, 0.15) is 27.8 Å². The summed E-state index contributed by atoms with van der Waals surface area (Å²) in [6.07, 6.45) is 6.75. The number of carbonyl (C=O) groups excluding carboxylic acids is 1. The van der Waals surface area contributed by atoms with Gasteiger partial charge in [-0.3, -0.25) is 9.48 Å². The lowest BCUT2D eigenvalue weighted by atomic mass is 10.0. The predicted molar refractivity (Wildman–Crippen MR) is 88.7 cm³/mol. The van der Waals surface area contributed by atoms with Gasteiger partial charge in [0.25, 0.3) is 5.91 Å². The molecule has 2 heterocycles. The van der Waals surface area contributed by atoms with Crippen molar-refractivity contribution in [3.8, 4) is 5.75 Å². The van der Waals surface area contributed by atoms with Crippen molar-refractivity contribution < 1.29 is 9.53 Å². The monoisotopic (exact) mass is 325 g/mol. The van der Waals surface area contributed by atoms with E-state index in [1.807, 2.05) is 42.1 Å². The summed E-state index contributed by atoms with van der Waals surface area (Å²) in [4.78, 5) is 17.0. The third-order valence-electron chi connectivity index (χ3n) is 3.81. The molecule has 0 aliphatic rings. The number of hydrogen-bond acceptors (Lipinski definition) is 4. The minimum Gasteiger partial charge on any atom is -0.496 e. The highest BCUT2D eigenvalue weighted by molar-refractivity contribution is 5.94. The number of para-hydroxylation sites is 1. The van der Waals surface area contributed by atoms with Crippen molar-refractivity contribution in [3.63, 3.8) is 0 Å². The Balaban J connectivity index is 2.00. The molecule has 1 aromatic carbocycles. The highest BCUT2D eigenvalue weighted by atomic mass is 16.5. The number of aromatic nitrogens is 4. The second-order valence-corrected chi connectivity index (χ2v) is 5.45. The predicted octanol–water partition coefficient (Wildman–Crippen LogP) is 1.68. The molecular weight excluding hydrogens is 306 g/mol. The zero-order valence-corrected chi connectivity index (χ0v) is 13.8. The number of hydrogen-bond donors (Lipinski definition) is 1. The van der Waals surface area contributed by atoms with Crippen LogP contribution in [-0.4, -0.2) is 32.3 Å². The van der Waals surface area contributed by atoms with E-state index in [0.29, 0.717) is 11.3 Å². The van der Waals surface area contributed by atoms with E-state index >= 15 is 0 Å². The number of nitrogens with zero attached hydrogens (tertiary/aromatic N) is 4. The van der Waals surface area contributed by atoms with E-state index in [0.717, 1.165) is 11.4 Å². The zero-order chi connectivity index (χ0) is 17.1. The van der Waals surface area contributed by atoms with Crippen molar-refractivity contribution >= 4 is 5.91 Å². The molecule has 0 bridgehead atoms. The van der Waals surface area contributed by atoms with E-state index in [9.17, 15) is 4.79 Å². The summed E-state index contributed by atoms with van der Waals surface area (Å²) >= 11 is 0. The van der Waals surface area contributed by atoms with Gasteiger partial charge >= 0.3 is 0 Å². The minimum absolute atomic E-state index is 0.220. The topological polar surface area (TPSA) is 74.0 Å². The molecule has 0 radical (unpaired) electrons. The summed E-state index contributed by atoms with van der Waals surface area (Å²) in [7, 11) is 5.27. The molecule has 0 aliphatic carbocycles. The molecule has 1 amide bonds. The van der Waals surface area contributed by atoms with E-state index in [1.54, 1.807) is 31.2 Å². The second kappa shape index (κ2) is 6.57. The van der Waals surface area contributed by atoms with E-state index in [4.69, 9.17) is 4.74 Å². The lowest BCUT2D eigenvalue weighted by Crippen LogP contribution is -2.31. The van der Waals surface area contributed by atoms with Gasteiger partial charge in [0.05, 0.1) is 18.9 Å². The Morgan fingerprint density at radius 2 is 2.08 bits per heavy atom. The average Bonchev–Trinajstić information content (AvgIpc) is 3.21. The Bertz CT molecular complexity index is 852. The van der Waals surface area contributed by atoms with Crippen molar-refractivity contribution in [2.45, 2.75) is 6.04 Å². The Morgan fingerprint density at radius 3 is 2.71 bits per heavy atom. The first-order valence-corrected chi connectivity index (χ1v) is 7.49. The molecule has 3 aromatic rings. The molecule has 0 fully saturated rings. The van der Waals surface area contributed by atoms with Crippen LogP contribution in [0.5, 0.6) is 5.75 Å². The Morgan fingerprint density at radius 1 is 1.29 bits per heavy atom. The first kappa shape index (κ1) is 15.8. The molecule has 0 saturated carbocycles. The molecule has 3 rings (SSSR count). The number of nitrogens with one attached hydrogen (secondary N) is 1. The molecular formula is C17H19N5O2. The molecule has 1 N–H and O–H groups in total. The second-order valence-electron chi connectivity index (χ2n) is 5.45. The highest BCUT2D eigenvalue weighted by Gasteiger charge is 2.24.